The highest BCUT2D eigenvalue weighted by Crippen LogP contribution is 2.43. The largest absolute Gasteiger partial charge is 0.480 e. The average Bonchev–Trinajstić information content (AvgIpc) is 2.98. The van der Waals surface area contributed by atoms with Crippen LogP contribution in [0.15, 0.2) is 28.8 Å². The van der Waals surface area contributed by atoms with Crippen molar-refractivity contribution in [2.24, 2.45) is 5.73 Å². The second-order valence-corrected chi connectivity index (χ2v) is 7.96. The lowest BCUT2D eigenvalue weighted by atomic mass is 9.89. The van der Waals surface area contributed by atoms with E-state index in [2.05, 4.69) is 5.16 Å². The van der Waals surface area contributed by atoms with Gasteiger partial charge in [-0.3, -0.25) is 4.79 Å². The minimum Gasteiger partial charge on any atom is -0.480 e. The second kappa shape index (κ2) is 9.19. The number of alkyl halides is 3. The van der Waals surface area contributed by atoms with Crippen molar-refractivity contribution in [1.29, 1.82) is 0 Å². The van der Waals surface area contributed by atoms with Gasteiger partial charge in [0.1, 0.15) is 11.8 Å². The molecule has 4 N–H and O–H groups in total. The van der Waals surface area contributed by atoms with Gasteiger partial charge >= 0.3 is 12.1 Å². The maximum absolute atomic E-state index is 13.7. The van der Waals surface area contributed by atoms with E-state index in [1.807, 2.05) is 0 Å². The molecule has 0 spiro atoms. The Morgan fingerprint density at radius 3 is 2.34 bits per heavy atom. The van der Waals surface area contributed by atoms with Gasteiger partial charge in [-0.2, -0.15) is 24.9 Å². The summed E-state index contributed by atoms with van der Waals surface area (Å²) in [5.41, 5.74) is 4.07. The van der Waals surface area contributed by atoms with Crippen molar-refractivity contribution in [2.45, 2.75) is 44.5 Å². The molecule has 0 fully saturated rings. The van der Waals surface area contributed by atoms with Gasteiger partial charge in [0, 0.05) is 5.56 Å². The highest BCUT2D eigenvalue weighted by molar-refractivity contribution is 7.99. The lowest BCUT2D eigenvalue weighted by Gasteiger charge is -2.31. The molecule has 0 saturated heterocycles. The molecule has 0 bridgehead atoms. The van der Waals surface area contributed by atoms with Crippen LogP contribution < -0.4 is 5.73 Å². The summed E-state index contributed by atoms with van der Waals surface area (Å²) in [6.45, 7) is 3.45. The van der Waals surface area contributed by atoms with E-state index < -0.39 is 30.2 Å². The van der Waals surface area contributed by atoms with Crippen LogP contribution in [0.4, 0.5) is 13.2 Å². The van der Waals surface area contributed by atoms with Crippen molar-refractivity contribution in [2.75, 3.05) is 11.5 Å². The van der Waals surface area contributed by atoms with Crippen LogP contribution in [0.5, 0.6) is 0 Å². The summed E-state index contributed by atoms with van der Waals surface area (Å²) in [5, 5.41) is 23.0. The van der Waals surface area contributed by atoms with E-state index >= 15 is 0 Å². The number of aromatic nitrogens is 1. The van der Waals surface area contributed by atoms with Gasteiger partial charge in [-0.1, -0.05) is 29.4 Å². The SMILES string of the molecule is Cc1noc(C)c1-c1ccc(C(O)(CCSCCC(N)C(=O)O)C(F)(F)F)cc1. The molecule has 2 atom stereocenters. The molecule has 2 unspecified atom stereocenters. The molecule has 0 aliphatic rings. The quantitative estimate of drug-likeness (QED) is 0.519. The number of carboxylic acids is 1. The molecule has 0 radical (unpaired) electrons. The molecule has 2 aromatic rings. The number of halogens is 3. The number of rotatable bonds is 9. The Balaban J connectivity index is 2.12. The van der Waals surface area contributed by atoms with Crippen LogP contribution in [0.1, 0.15) is 29.9 Å². The van der Waals surface area contributed by atoms with Gasteiger partial charge in [-0.05, 0) is 49.3 Å². The Kier molecular flexibility index (Phi) is 7.36. The summed E-state index contributed by atoms with van der Waals surface area (Å²) < 4.78 is 46.0. The molecule has 2 rings (SSSR count). The van der Waals surface area contributed by atoms with Crippen LogP contribution in [0.25, 0.3) is 11.1 Å². The maximum atomic E-state index is 13.7. The van der Waals surface area contributed by atoms with Crippen LogP contribution in [0.2, 0.25) is 0 Å². The molecule has 1 heterocycles. The first kappa shape index (κ1) is 23.2. The number of hydrogen-bond acceptors (Lipinski definition) is 6. The lowest BCUT2D eigenvalue weighted by Crippen LogP contribution is -2.42. The molecular formula is C19H23F3N2O4S. The van der Waals surface area contributed by atoms with Gasteiger partial charge < -0.3 is 20.5 Å². The molecular weight excluding hydrogens is 409 g/mol. The van der Waals surface area contributed by atoms with Crippen LogP contribution in [-0.2, 0) is 10.4 Å². The van der Waals surface area contributed by atoms with Crippen molar-refractivity contribution in [1.82, 2.24) is 5.16 Å². The summed E-state index contributed by atoms with van der Waals surface area (Å²) in [4.78, 5) is 10.7. The first-order valence-electron chi connectivity index (χ1n) is 8.86. The molecule has 1 aromatic carbocycles. The molecule has 0 aliphatic carbocycles. The fourth-order valence-corrected chi connectivity index (χ4v) is 3.98. The number of hydrogen-bond donors (Lipinski definition) is 3. The predicted octanol–water partition coefficient (Wildman–Crippen LogP) is 3.63. The lowest BCUT2D eigenvalue weighted by molar-refractivity contribution is -0.267. The number of aryl methyl sites for hydroxylation is 2. The first-order valence-corrected chi connectivity index (χ1v) is 10.0. The minimum atomic E-state index is -4.87. The smallest absolute Gasteiger partial charge is 0.421 e. The zero-order valence-corrected chi connectivity index (χ0v) is 16.8. The van der Waals surface area contributed by atoms with Gasteiger partial charge in [-0.15, -0.1) is 0 Å². The van der Waals surface area contributed by atoms with E-state index in [0.717, 1.165) is 11.8 Å². The number of nitrogens with zero attached hydrogens (tertiary/aromatic N) is 1. The highest BCUT2D eigenvalue weighted by Gasteiger charge is 2.54. The van der Waals surface area contributed by atoms with E-state index in [-0.39, 0.29) is 23.5 Å². The minimum absolute atomic E-state index is 0.00598. The zero-order valence-electron chi connectivity index (χ0n) is 16.0. The van der Waals surface area contributed by atoms with Crippen LogP contribution in [0.3, 0.4) is 0 Å². The summed E-state index contributed by atoms with van der Waals surface area (Å²) >= 11 is 1.12. The topological polar surface area (TPSA) is 110 Å². The average molecular weight is 432 g/mol. The number of carboxylic acid groups (broad SMARTS) is 1. The van der Waals surface area contributed by atoms with Gasteiger partial charge in [0.2, 0.25) is 0 Å². The number of thioether (sulfide) groups is 1. The van der Waals surface area contributed by atoms with E-state index in [1.165, 1.54) is 24.3 Å². The zero-order chi connectivity index (χ0) is 21.8. The summed E-state index contributed by atoms with van der Waals surface area (Å²) in [5.74, 6) is -0.325. The fraction of sp³-hybridized carbons (Fsp3) is 0.474. The van der Waals surface area contributed by atoms with Crippen molar-refractivity contribution >= 4 is 17.7 Å². The van der Waals surface area contributed by atoms with E-state index in [0.29, 0.717) is 22.6 Å². The molecule has 0 saturated carbocycles. The Labute approximate surface area is 170 Å². The standard InChI is InChI=1S/C19H23F3N2O4S/c1-11-16(12(2)28-24-11)13-3-5-14(6-4-13)18(27,19(20,21)22)8-10-29-9-7-15(23)17(25)26/h3-6,15,27H,7-10,23H2,1-2H3,(H,25,26). The molecule has 6 nitrogen and oxygen atoms in total. The fourth-order valence-electron chi connectivity index (χ4n) is 2.91. The molecule has 29 heavy (non-hydrogen) atoms. The van der Waals surface area contributed by atoms with Crippen LogP contribution in [0, 0.1) is 13.8 Å². The van der Waals surface area contributed by atoms with Gasteiger partial charge in [0.25, 0.3) is 0 Å². The number of nitrogens with two attached hydrogens (primary N) is 1. The Bertz CT molecular complexity index is 819. The first-order chi connectivity index (χ1) is 13.5. The van der Waals surface area contributed by atoms with Crippen molar-refractivity contribution in [3.8, 4) is 11.1 Å². The van der Waals surface area contributed by atoms with Crippen molar-refractivity contribution < 1.29 is 32.7 Å². The summed E-state index contributed by atoms with van der Waals surface area (Å²) in [6.07, 6.45) is -5.29. The third-order valence-corrected chi connectivity index (χ3v) is 5.67. The van der Waals surface area contributed by atoms with E-state index in [1.54, 1.807) is 13.8 Å². The molecule has 1 aromatic heterocycles. The van der Waals surface area contributed by atoms with E-state index in [4.69, 9.17) is 15.4 Å². The molecule has 0 aliphatic heterocycles. The van der Waals surface area contributed by atoms with Gasteiger partial charge in [0.05, 0.1) is 5.69 Å². The Morgan fingerprint density at radius 2 is 1.86 bits per heavy atom. The monoisotopic (exact) mass is 432 g/mol. The number of aliphatic carboxylic acids is 1. The molecule has 0 amide bonds. The van der Waals surface area contributed by atoms with Crippen LogP contribution >= 0.6 is 11.8 Å². The molecule has 160 valence electrons. The third-order valence-electron chi connectivity index (χ3n) is 4.65. The number of carbonyl (C=O) groups is 1. The maximum Gasteiger partial charge on any atom is 0.421 e. The van der Waals surface area contributed by atoms with Gasteiger partial charge in [0.15, 0.2) is 5.60 Å². The highest BCUT2D eigenvalue weighted by atomic mass is 32.2. The van der Waals surface area contributed by atoms with Crippen molar-refractivity contribution in [3.63, 3.8) is 0 Å². The summed E-state index contributed by atoms with van der Waals surface area (Å²) in [7, 11) is 0. The van der Waals surface area contributed by atoms with E-state index in [9.17, 15) is 23.1 Å². The van der Waals surface area contributed by atoms with Crippen LogP contribution in [-0.4, -0.2) is 45.1 Å². The normalized spacial score (nSPS) is 15.1. The molecule has 10 heteroatoms. The Morgan fingerprint density at radius 1 is 1.24 bits per heavy atom. The second-order valence-electron chi connectivity index (χ2n) is 6.73. The predicted molar refractivity (Wildman–Crippen MR) is 104 cm³/mol. The number of benzene rings is 1. The van der Waals surface area contributed by atoms with Gasteiger partial charge in [-0.25, -0.2) is 0 Å². The third kappa shape index (κ3) is 5.31. The van der Waals surface area contributed by atoms with Crippen molar-refractivity contribution in [3.05, 3.63) is 41.3 Å². The Hall–Kier alpha value is -2.04. The summed E-state index contributed by atoms with van der Waals surface area (Å²) in [6, 6.07) is 4.44. The number of aliphatic hydroxyl groups is 1.